The van der Waals surface area contributed by atoms with Crippen LogP contribution in [-0.2, 0) is 13.7 Å². The highest BCUT2D eigenvalue weighted by molar-refractivity contribution is 5.98. The van der Waals surface area contributed by atoms with Crippen molar-refractivity contribution in [1.29, 1.82) is 0 Å². The van der Waals surface area contributed by atoms with E-state index in [1.807, 2.05) is 0 Å². The number of aryl methyl sites for hydroxylation is 1. The maximum Gasteiger partial charge on any atom is 0.254 e. The Morgan fingerprint density at radius 3 is 2.76 bits per heavy atom. The topological polar surface area (TPSA) is 145 Å². The van der Waals surface area contributed by atoms with Gasteiger partial charge in [-0.25, -0.2) is 4.68 Å². The van der Waals surface area contributed by atoms with Crippen LogP contribution in [0.5, 0.6) is 17.4 Å². The SMILES string of the molecule is CNC(=O)c1cc(-c2ccc(O)nc2F)ccc1OC[C@@H]1CCCN(C(=O)c2cccc(OCc3nnnn3C)c2)C1. The zero-order valence-corrected chi connectivity index (χ0v) is 23.2. The monoisotopic (exact) mass is 575 g/mol. The van der Waals surface area contributed by atoms with Gasteiger partial charge in [-0.2, -0.15) is 9.37 Å². The molecule has 1 fully saturated rings. The number of hydrogen-bond donors (Lipinski definition) is 2. The minimum atomic E-state index is -0.849. The first-order valence-corrected chi connectivity index (χ1v) is 13.4. The average molecular weight is 576 g/mol. The molecule has 3 heterocycles. The Kier molecular flexibility index (Phi) is 8.55. The van der Waals surface area contributed by atoms with E-state index in [4.69, 9.17) is 9.47 Å². The van der Waals surface area contributed by atoms with Crippen molar-refractivity contribution in [1.82, 2.24) is 35.4 Å². The molecule has 1 aliphatic rings. The lowest BCUT2D eigenvalue weighted by atomic mass is 9.98. The summed E-state index contributed by atoms with van der Waals surface area (Å²) in [4.78, 5) is 31.2. The second kappa shape index (κ2) is 12.6. The zero-order valence-electron chi connectivity index (χ0n) is 23.2. The van der Waals surface area contributed by atoms with Gasteiger partial charge in [-0.1, -0.05) is 12.1 Å². The van der Waals surface area contributed by atoms with Crippen LogP contribution >= 0.6 is 0 Å². The van der Waals surface area contributed by atoms with Crippen LogP contribution in [0.15, 0.2) is 54.6 Å². The summed E-state index contributed by atoms with van der Waals surface area (Å²) in [5.74, 6) is -0.294. The predicted molar refractivity (Wildman–Crippen MR) is 148 cm³/mol. The van der Waals surface area contributed by atoms with E-state index in [9.17, 15) is 19.1 Å². The molecule has 2 aromatic heterocycles. The number of piperidine rings is 1. The first-order valence-electron chi connectivity index (χ1n) is 13.4. The Morgan fingerprint density at radius 1 is 1.14 bits per heavy atom. The number of nitrogens with one attached hydrogen (secondary N) is 1. The van der Waals surface area contributed by atoms with Gasteiger partial charge in [0.05, 0.1) is 12.2 Å². The molecule has 4 aromatic rings. The second-order valence-corrected chi connectivity index (χ2v) is 9.90. The smallest absolute Gasteiger partial charge is 0.254 e. The summed E-state index contributed by atoms with van der Waals surface area (Å²) >= 11 is 0. The van der Waals surface area contributed by atoms with Crippen molar-refractivity contribution in [2.75, 3.05) is 26.7 Å². The van der Waals surface area contributed by atoms with E-state index in [1.54, 1.807) is 48.3 Å². The van der Waals surface area contributed by atoms with Crippen LogP contribution in [0.1, 0.15) is 39.4 Å². The highest BCUT2D eigenvalue weighted by Gasteiger charge is 2.26. The number of aromatic nitrogens is 5. The van der Waals surface area contributed by atoms with Crippen LogP contribution in [-0.4, -0.2) is 73.8 Å². The third-order valence-electron chi connectivity index (χ3n) is 7.03. The molecule has 1 saturated heterocycles. The van der Waals surface area contributed by atoms with E-state index in [-0.39, 0.29) is 36.2 Å². The molecule has 12 nitrogen and oxygen atoms in total. The number of aromatic hydroxyl groups is 1. The Morgan fingerprint density at radius 2 is 2.00 bits per heavy atom. The fraction of sp³-hybridized carbons (Fsp3) is 0.310. The molecule has 0 aliphatic carbocycles. The molecule has 0 spiro atoms. The van der Waals surface area contributed by atoms with Crippen LogP contribution in [0.4, 0.5) is 4.39 Å². The van der Waals surface area contributed by atoms with Gasteiger partial charge >= 0.3 is 0 Å². The van der Waals surface area contributed by atoms with Gasteiger partial charge in [0, 0.05) is 50.3 Å². The fourth-order valence-corrected chi connectivity index (χ4v) is 4.79. The number of rotatable bonds is 9. The van der Waals surface area contributed by atoms with Crippen LogP contribution in [0, 0.1) is 11.9 Å². The highest BCUT2D eigenvalue weighted by Crippen LogP contribution is 2.30. The minimum absolute atomic E-state index is 0.0431. The normalized spacial score (nSPS) is 14.8. The Bertz CT molecular complexity index is 1590. The number of carbonyl (C=O) groups excluding carboxylic acids is 2. The summed E-state index contributed by atoms with van der Waals surface area (Å²) < 4.78 is 27.7. The van der Waals surface area contributed by atoms with E-state index in [0.29, 0.717) is 41.5 Å². The molecule has 1 aliphatic heterocycles. The minimum Gasteiger partial charge on any atom is -0.493 e. The number of likely N-dealkylation sites (tertiary alicyclic amines) is 1. The van der Waals surface area contributed by atoms with Crippen molar-refractivity contribution in [3.8, 4) is 28.5 Å². The Balaban J connectivity index is 1.24. The number of halogens is 1. The molecule has 0 saturated carbocycles. The summed E-state index contributed by atoms with van der Waals surface area (Å²) in [6, 6.07) is 14.4. The highest BCUT2D eigenvalue weighted by atomic mass is 19.1. The maximum atomic E-state index is 14.4. The largest absolute Gasteiger partial charge is 0.493 e. The predicted octanol–water partition coefficient (Wildman–Crippen LogP) is 2.99. The van der Waals surface area contributed by atoms with Gasteiger partial charge < -0.3 is 24.8 Å². The summed E-state index contributed by atoms with van der Waals surface area (Å²) in [5, 5.41) is 23.3. The van der Waals surface area contributed by atoms with Crippen molar-refractivity contribution in [2.24, 2.45) is 13.0 Å². The number of ether oxygens (including phenoxy) is 2. The number of hydrogen-bond acceptors (Lipinski definition) is 9. The fourth-order valence-electron chi connectivity index (χ4n) is 4.79. The molecular formula is C29H30FN7O5. The van der Waals surface area contributed by atoms with Crippen molar-refractivity contribution >= 4 is 11.8 Å². The quantitative estimate of drug-likeness (QED) is 0.288. The van der Waals surface area contributed by atoms with E-state index >= 15 is 0 Å². The molecule has 0 unspecified atom stereocenters. The molecule has 2 amide bonds. The van der Waals surface area contributed by atoms with Gasteiger partial charge in [0.25, 0.3) is 11.8 Å². The van der Waals surface area contributed by atoms with E-state index in [1.165, 1.54) is 29.9 Å². The first-order chi connectivity index (χ1) is 20.3. The lowest BCUT2D eigenvalue weighted by Crippen LogP contribution is -2.41. The molecule has 13 heteroatoms. The van der Waals surface area contributed by atoms with Crippen molar-refractivity contribution in [3.63, 3.8) is 0 Å². The number of nitrogens with zero attached hydrogens (tertiary/aromatic N) is 6. The lowest BCUT2D eigenvalue weighted by Gasteiger charge is -2.33. The molecule has 0 bridgehead atoms. The summed E-state index contributed by atoms with van der Waals surface area (Å²) in [6.07, 6.45) is 1.67. The molecule has 0 radical (unpaired) electrons. The van der Waals surface area contributed by atoms with E-state index in [2.05, 4.69) is 25.8 Å². The average Bonchev–Trinajstić information content (AvgIpc) is 3.42. The standard InChI is InChI=1S/C29H30FN7O5/c1-31-28(39)23-14-19(22-9-11-26(38)32-27(22)30)8-10-24(23)42-16-18-5-4-12-37(15-18)29(40)20-6-3-7-21(13-20)41-17-25-33-34-35-36(25)2/h3,6-11,13-14,18H,4-5,12,15-17H2,1-2H3,(H,31,39)(H,32,38)/t18-/m1/s1. The number of amides is 2. The van der Waals surface area contributed by atoms with Crippen molar-refractivity contribution in [3.05, 3.63) is 77.5 Å². The third-order valence-corrected chi connectivity index (χ3v) is 7.03. The summed E-state index contributed by atoms with van der Waals surface area (Å²) in [5.41, 5.74) is 1.31. The number of tetrazole rings is 1. The van der Waals surface area contributed by atoms with Gasteiger partial charge in [0.2, 0.25) is 11.8 Å². The van der Waals surface area contributed by atoms with Crippen LogP contribution in [0.3, 0.4) is 0 Å². The number of pyridine rings is 1. The molecule has 218 valence electrons. The Labute approximate surface area is 241 Å². The van der Waals surface area contributed by atoms with Crippen molar-refractivity contribution < 1.29 is 28.6 Å². The van der Waals surface area contributed by atoms with Gasteiger partial charge in [0.15, 0.2) is 5.82 Å². The van der Waals surface area contributed by atoms with Gasteiger partial charge in [-0.05, 0) is 65.2 Å². The molecule has 2 aromatic carbocycles. The van der Waals surface area contributed by atoms with Gasteiger partial charge in [-0.15, -0.1) is 5.10 Å². The molecule has 2 N–H and O–H groups in total. The van der Waals surface area contributed by atoms with Crippen LogP contribution in [0.25, 0.3) is 11.1 Å². The summed E-state index contributed by atoms with van der Waals surface area (Å²) in [7, 11) is 3.22. The first kappa shape index (κ1) is 28.5. The van der Waals surface area contributed by atoms with E-state index in [0.717, 1.165) is 12.8 Å². The second-order valence-electron chi connectivity index (χ2n) is 9.90. The molecular weight excluding hydrogens is 545 g/mol. The summed E-state index contributed by atoms with van der Waals surface area (Å²) in [6.45, 7) is 1.57. The molecule has 5 rings (SSSR count). The molecule has 1 atom stereocenters. The van der Waals surface area contributed by atoms with Crippen LogP contribution < -0.4 is 14.8 Å². The lowest BCUT2D eigenvalue weighted by molar-refractivity contribution is 0.0632. The third kappa shape index (κ3) is 6.45. The number of benzene rings is 2. The zero-order chi connectivity index (χ0) is 29.6. The van der Waals surface area contributed by atoms with Gasteiger partial charge in [0.1, 0.15) is 18.1 Å². The van der Waals surface area contributed by atoms with Crippen LogP contribution in [0.2, 0.25) is 0 Å². The van der Waals surface area contributed by atoms with Crippen molar-refractivity contribution in [2.45, 2.75) is 19.4 Å². The molecule has 42 heavy (non-hydrogen) atoms. The maximum absolute atomic E-state index is 14.4. The Hall–Kier alpha value is -5.07. The van der Waals surface area contributed by atoms with E-state index < -0.39 is 17.7 Å². The number of carbonyl (C=O) groups is 2. The van der Waals surface area contributed by atoms with Gasteiger partial charge in [-0.3, -0.25) is 9.59 Å².